The topological polar surface area (TPSA) is 65.8 Å². The van der Waals surface area contributed by atoms with E-state index in [2.05, 4.69) is 24.1 Å². The number of hydrogen-bond acceptors (Lipinski definition) is 4. The van der Waals surface area contributed by atoms with Crippen LogP contribution in [-0.4, -0.2) is 60.9 Å². The Morgan fingerprint density at radius 1 is 1.28 bits per heavy atom. The predicted octanol–water partition coefficient (Wildman–Crippen LogP) is 2.37. The van der Waals surface area contributed by atoms with Gasteiger partial charge in [0.1, 0.15) is 6.26 Å². The number of rotatable bonds is 9. The average Bonchev–Trinajstić information content (AvgIpc) is 3.13. The van der Waals surface area contributed by atoms with Gasteiger partial charge in [-0.3, -0.25) is 9.59 Å². The van der Waals surface area contributed by atoms with Crippen LogP contribution in [0.1, 0.15) is 49.9 Å². The van der Waals surface area contributed by atoms with Crippen molar-refractivity contribution in [3.63, 3.8) is 0 Å². The molecule has 0 unspecified atom stereocenters. The largest absolute Gasteiger partial charge is 0.472 e. The number of likely N-dealkylation sites (tertiary alicyclic amines) is 1. The molecule has 2 heterocycles. The minimum atomic E-state index is -0.0800. The Bertz CT molecular complexity index is 522. The summed E-state index contributed by atoms with van der Waals surface area (Å²) in [5, 5.41) is 2.98. The Kier molecular flexibility index (Phi) is 7.98. The third-order valence-electron chi connectivity index (χ3n) is 4.45. The van der Waals surface area contributed by atoms with Gasteiger partial charge in [0.15, 0.2) is 0 Å². The molecule has 1 aliphatic heterocycles. The van der Waals surface area contributed by atoms with Crippen molar-refractivity contribution >= 4 is 11.8 Å². The molecule has 0 bridgehead atoms. The van der Waals surface area contributed by atoms with E-state index in [0.29, 0.717) is 37.5 Å². The maximum atomic E-state index is 12.5. The standard InChI is InChI=1S/C19H31N3O3/c1-16(2)14-22(19(24)17-7-13-25-15-17)11-6-18(23)20-8-12-21-9-4-3-5-10-21/h7,13,15-16H,3-6,8-12,14H2,1-2H3,(H,20,23). The van der Waals surface area contributed by atoms with E-state index in [4.69, 9.17) is 4.42 Å². The lowest BCUT2D eigenvalue weighted by atomic mass is 10.1. The fourth-order valence-corrected chi connectivity index (χ4v) is 3.15. The predicted molar refractivity (Wildman–Crippen MR) is 97.4 cm³/mol. The molecule has 6 heteroatoms. The van der Waals surface area contributed by atoms with Crippen LogP contribution in [0.2, 0.25) is 0 Å². The maximum absolute atomic E-state index is 12.5. The first-order chi connectivity index (χ1) is 12.1. The van der Waals surface area contributed by atoms with Gasteiger partial charge in [0, 0.05) is 32.6 Å². The molecule has 25 heavy (non-hydrogen) atoms. The van der Waals surface area contributed by atoms with Crippen molar-refractivity contribution in [1.82, 2.24) is 15.1 Å². The number of hydrogen-bond donors (Lipinski definition) is 1. The van der Waals surface area contributed by atoms with Crippen molar-refractivity contribution in [1.29, 1.82) is 0 Å². The molecule has 1 fully saturated rings. The molecule has 0 saturated carbocycles. The van der Waals surface area contributed by atoms with Crippen LogP contribution in [0.5, 0.6) is 0 Å². The number of piperidine rings is 1. The minimum absolute atomic E-state index is 0.00533. The van der Waals surface area contributed by atoms with Crippen LogP contribution in [0.4, 0.5) is 0 Å². The molecule has 0 atom stereocenters. The van der Waals surface area contributed by atoms with Crippen LogP contribution in [0.25, 0.3) is 0 Å². The van der Waals surface area contributed by atoms with Gasteiger partial charge in [-0.15, -0.1) is 0 Å². The fourth-order valence-electron chi connectivity index (χ4n) is 3.15. The SMILES string of the molecule is CC(C)CN(CCC(=O)NCCN1CCCCC1)C(=O)c1ccoc1. The van der Waals surface area contributed by atoms with Crippen LogP contribution in [0, 0.1) is 5.92 Å². The maximum Gasteiger partial charge on any atom is 0.257 e. The van der Waals surface area contributed by atoms with Gasteiger partial charge in [0.2, 0.25) is 5.91 Å². The lowest BCUT2D eigenvalue weighted by Gasteiger charge is -2.26. The molecule has 2 rings (SSSR count). The van der Waals surface area contributed by atoms with Crippen LogP contribution in [0.3, 0.4) is 0 Å². The summed E-state index contributed by atoms with van der Waals surface area (Å²) in [5.74, 6) is 0.271. The average molecular weight is 349 g/mol. The molecule has 1 aliphatic rings. The molecule has 0 spiro atoms. The lowest BCUT2D eigenvalue weighted by molar-refractivity contribution is -0.121. The molecule has 1 saturated heterocycles. The van der Waals surface area contributed by atoms with E-state index in [1.54, 1.807) is 11.0 Å². The molecule has 1 N–H and O–H groups in total. The number of nitrogens with one attached hydrogen (secondary N) is 1. The van der Waals surface area contributed by atoms with E-state index in [1.807, 2.05) is 0 Å². The highest BCUT2D eigenvalue weighted by atomic mass is 16.3. The van der Waals surface area contributed by atoms with E-state index in [0.717, 1.165) is 19.6 Å². The molecular formula is C19H31N3O3. The number of nitrogens with zero attached hydrogens (tertiary/aromatic N) is 2. The first-order valence-corrected chi connectivity index (χ1v) is 9.37. The molecular weight excluding hydrogens is 318 g/mol. The number of carbonyl (C=O) groups is 2. The summed E-state index contributed by atoms with van der Waals surface area (Å²) in [6.45, 7) is 9.05. The summed E-state index contributed by atoms with van der Waals surface area (Å²) in [4.78, 5) is 28.7. The molecule has 1 aromatic rings. The summed E-state index contributed by atoms with van der Waals surface area (Å²) in [5.41, 5.74) is 0.533. The first-order valence-electron chi connectivity index (χ1n) is 9.37. The van der Waals surface area contributed by atoms with Crippen molar-refractivity contribution in [2.45, 2.75) is 39.5 Å². The molecule has 0 aromatic carbocycles. The van der Waals surface area contributed by atoms with E-state index in [-0.39, 0.29) is 11.8 Å². The highest BCUT2D eigenvalue weighted by Gasteiger charge is 2.19. The van der Waals surface area contributed by atoms with Gasteiger partial charge in [-0.05, 0) is 37.9 Å². The van der Waals surface area contributed by atoms with Crippen LogP contribution >= 0.6 is 0 Å². The molecule has 6 nitrogen and oxygen atoms in total. The minimum Gasteiger partial charge on any atom is -0.472 e. The highest BCUT2D eigenvalue weighted by Crippen LogP contribution is 2.09. The van der Waals surface area contributed by atoms with Gasteiger partial charge in [-0.2, -0.15) is 0 Å². The van der Waals surface area contributed by atoms with Crippen molar-refractivity contribution in [2.24, 2.45) is 5.92 Å². The van der Waals surface area contributed by atoms with Crippen molar-refractivity contribution in [2.75, 3.05) is 39.3 Å². The van der Waals surface area contributed by atoms with Crippen molar-refractivity contribution in [3.8, 4) is 0 Å². The third kappa shape index (κ3) is 6.90. The Labute approximate surface area is 150 Å². The second kappa shape index (κ2) is 10.2. The van der Waals surface area contributed by atoms with Gasteiger partial charge in [-0.1, -0.05) is 20.3 Å². The zero-order valence-electron chi connectivity index (χ0n) is 15.5. The number of furan rings is 1. The summed E-state index contributed by atoms with van der Waals surface area (Å²) in [6.07, 6.45) is 7.11. The van der Waals surface area contributed by atoms with Crippen LogP contribution in [0.15, 0.2) is 23.0 Å². The second-order valence-corrected chi connectivity index (χ2v) is 7.16. The molecule has 0 radical (unpaired) electrons. The number of carbonyl (C=O) groups excluding carboxylic acids is 2. The van der Waals surface area contributed by atoms with Crippen LogP contribution in [-0.2, 0) is 4.79 Å². The van der Waals surface area contributed by atoms with Crippen molar-refractivity contribution < 1.29 is 14.0 Å². The van der Waals surface area contributed by atoms with E-state index in [9.17, 15) is 9.59 Å². The van der Waals surface area contributed by atoms with Crippen molar-refractivity contribution in [3.05, 3.63) is 24.2 Å². The Hall–Kier alpha value is -1.82. The van der Waals surface area contributed by atoms with Gasteiger partial charge in [-0.25, -0.2) is 0 Å². The Morgan fingerprint density at radius 2 is 2.04 bits per heavy atom. The molecule has 140 valence electrons. The van der Waals surface area contributed by atoms with Gasteiger partial charge in [0.25, 0.3) is 5.91 Å². The van der Waals surface area contributed by atoms with E-state index >= 15 is 0 Å². The van der Waals surface area contributed by atoms with E-state index in [1.165, 1.54) is 31.8 Å². The smallest absolute Gasteiger partial charge is 0.257 e. The van der Waals surface area contributed by atoms with E-state index < -0.39 is 0 Å². The zero-order chi connectivity index (χ0) is 18.1. The summed E-state index contributed by atoms with van der Waals surface area (Å²) in [7, 11) is 0. The lowest BCUT2D eigenvalue weighted by Crippen LogP contribution is -2.40. The quantitative estimate of drug-likeness (QED) is 0.743. The van der Waals surface area contributed by atoms with Gasteiger partial charge >= 0.3 is 0 Å². The molecule has 2 amide bonds. The highest BCUT2D eigenvalue weighted by molar-refractivity contribution is 5.94. The van der Waals surface area contributed by atoms with Crippen LogP contribution < -0.4 is 5.32 Å². The molecule has 1 aromatic heterocycles. The molecule has 0 aliphatic carbocycles. The number of amides is 2. The monoisotopic (exact) mass is 349 g/mol. The third-order valence-corrected chi connectivity index (χ3v) is 4.45. The fraction of sp³-hybridized carbons (Fsp3) is 0.684. The normalized spacial score (nSPS) is 15.3. The Balaban J connectivity index is 1.73. The Morgan fingerprint density at radius 3 is 2.68 bits per heavy atom. The summed E-state index contributed by atoms with van der Waals surface area (Å²) in [6, 6.07) is 1.66. The zero-order valence-corrected chi connectivity index (χ0v) is 15.5. The summed E-state index contributed by atoms with van der Waals surface area (Å²) >= 11 is 0. The van der Waals surface area contributed by atoms with Gasteiger partial charge < -0.3 is 19.5 Å². The second-order valence-electron chi connectivity index (χ2n) is 7.16. The summed E-state index contributed by atoms with van der Waals surface area (Å²) < 4.78 is 5.00. The first kappa shape index (κ1) is 19.5. The van der Waals surface area contributed by atoms with Gasteiger partial charge in [0.05, 0.1) is 11.8 Å².